The van der Waals surface area contributed by atoms with Crippen LogP contribution in [0.25, 0.3) is 6.08 Å². The van der Waals surface area contributed by atoms with E-state index in [1.807, 2.05) is 49.3 Å². The van der Waals surface area contributed by atoms with E-state index in [0.717, 1.165) is 5.69 Å². The fourth-order valence-electron chi connectivity index (χ4n) is 7.66. The summed E-state index contributed by atoms with van der Waals surface area (Å²) in [5.41, 5.74) is 2.68. The number of thiocarbonyl (C=S) groups is 1. The molecule has 19 heteroatoms. The van der Waals surface area contributed by atoms with Gasteiger partial charge in [-0.25, -0.2) is 14.4 Å². The number of ether oxygens (including phenoxy) is 4. The lowest BCUT2D eigenvalue weighted by atomic mass is 9.77. The molecule has 8 rings (SSSR count). The maximum atomic E-state index is 13.8. The zero-order valence-corrected chi connectivity index (χ0v) is 38.6. The number of esters is 3. The topological polar surface area (TPSA) is 251 Å². The van der Waals surface area contributed by atoms with Crippen LogP contribution in [0.5, 0.6) is 23.0 Å². The van der Waals surface area contributed by atoms with Gasteiger partial charge in [0.05, 0.1) is 29.1 Å². The summed E-state index contributed by atoms with van der Waals surface area (Å²) in [6, 6.07) is 35.8. The molecule has 2 aliphatic rings. The molecule has 0 bridgehead atoms. The zero-order valence-electron chi connectivity index (χ0n) is 37.8. The number of nitrogens with zero attached hydrogens (tertiary/aromatic N) is 4. The molecule has 1 unspecified atom stereocenters. The van der Waals surface area contributed by atoms with Gasteiger partial charge in [-0.1, -0.05) is 24.3 Å². The Balaban J connectivity index is 0.901. The molecule has 0 aromatic heterocycles. The predicted molar refractivity (Wildman–Crippen MR) is 263 cm³/mol. The number of nitriles is 1. The highest BCUT2D eigenvalue weighted by Gasteiger charge is 2.54. The Morgan fingerprint density at radius 3 is 2.23 bits per heavy atom. The van der Waals surface area contributed by atoms with Crippen LogP contribution in [-0.2, 0) is 24.7 Å². The van der Waals surface area contributed by atoms with E-state index in [0.29, 0.717) is 39.3 Å². The average molecular weight is 972 g/mol. The molecule has 6 aromatic rings. The van der Waals surface area contributed by atoms with Crippen molar-refractivity contribution < 1.29 is 53.1 Å². The van der Waals surface area contributed by atoms with E-state index < -0.39 is 41.6 Å². The summed E-state index contributed by atoms with van der Waals surface area (Å²) >= 11 is 5.19. The van der Waals surface area contributed by atoms with Crippen LogP contribution in [0.2, 0.25) is 0 Å². The minimum atomic E-state index is -1.57. The van der Waals surface area contributed by atoms with Gasteiger partial charge in [-0.05, 0) is 121 Å². The fourth-order valence-corrected chi connectivity index (χ4v) is 7.85. The number of aromatic hydroxyl groups is 1. The van der Waals surface area contributed by atoms with Crippen LogP contribution in [0.15, 0.2) is 143 Å². The number of carbonyl (C=O) groups excluding carboxylic acids is 4. The number of amides is 1. The van der Waals surface area contributed by atoms with Crippen molar-refractivity contribution in [3.05, 3.63) is 172 Å². The second kappa shape index (κ2) is 20.8. The van der Waals surface area contributed by atoms with Crippen molar-refractivity contribution >= 4 is 75.9 Å². The minimum absolute atomic E-state index is 0.00727. The van der Waals surface area contributed by atoms with Crippen LogP contribution >= 0.6 is 12.2 Å². The van der Waals surface area contributed by atoms with Crippen LogP contribution in [0.4, 0.5) is 22.7 Å². The van der Waals surface area contributed by atoms with E-state index in [1.54, 1.807) is 60.7 Å². The first-order valence-electron chi connectivity index (χ1n) is 21.7. The maximum Gasteiger partial charge on any atom is 0.348 e. The molecular weight excluding hydrogens is 931 g/mol. The lowest BCUT2D eigenvalue weighted by molar-refractivity contribution is -0.138. The number of carboxylic acids is 1. The van der Waals surface area contributed by atoms with Crippen molar-refractivity contribution in [3.63, 3.8) is 0 Å². The zero-order chi connectivity index (χ0) is 50.2. The van der Waals surface area contributed by atoms with Gasteiger partial charge in [0, 0.05) is 66.4 Å². The normalized spacial score (nSPS) is 14.2. The molecule has 356 valence electrons. The van der Waals surface area contributed by atoms with Gasteiger partial charge in [0.2, 0.25) is 0 Å². The van der Waals surface area contributed by atoms with E-state index in [4.69, 9.17) is 36.3 Å². The molecule has 18 nitrogen and oxygen atoms in total. The van der Waals surface area contributed by atoms with E-state index in [-0.39, 0.29) is 70.3 Å². The van der Waals surface area contributed by atoms with Gasteiger partial charge in [0.15, 0.2) is 10.7 Å². The van der Waals surface area contributed by atoms with E-state index in [9.17, 15) is 34.3 Å². The third kappa shape index (κ3) is 10.7. The Bertz CT molecular complexity index is 3220. The van der Waals surface area contributed by atoms with Crippen LogP contribution < -0.4 is 30.3 Å². The highest BCUT2D eigenvalue weighted by atomic mass is 32.1. The Morgan fingerprint density at radius 1 is 0.845 bits per heavy atom. The van der Waals surface area contributed by atoms with E-state index >= 15 is 0 Å². The molecule has 6 aromatic carbocycles. The molecule has 1 atom stereocenters. The number of carbonyl (C=O) groups is 5. The molecule has 71 heavy (non-hydrogen) atoms. The second-order valence-corrected chi connectivity index (χ2v) is 16.4. The fraction of sp³-hybridized carbons (Fsp3) is 0.135. The number of carboxylic acid groups (broad SMARTS) is 1. The summed E-state index contributed by atoms with van der Waals surface area (Å²) in [6.45, 7) is -0.366. The molecule has 5 N–H and O–H groups in total. The molecule has 0 fully saturated rings. The molecular formula is C52H41N7O11S. The van der Waals surface area contributed by atoms with Gasteiger partial charge >= 0.3 is 23.9 Å². The Hall–Kier alpha value is -9.41. The summed E-state index contributed by atoms with van der Waals surface area (Å²) in [7, 11) is 3.90. The summed E-state index contributed by atoms with van der Waals surface area (Å²) in [6.07, 6.45) is 1.45. The molecule has 2 heterocycles. The summed E-state index contributed by atoms with van der Waals surface area (Å²) in [4.78, 5) is 66.1. The molecule has 0 saturated carbocycles. The Kier molecular flexibility index (Phi) is 14.1. The second-order valence-electron chi connectivity index (χ2n) is 16.0. The quantitative estimate of drug-likeness (QED) is 0.0123. The van der Waals surface area contributed by atoms with Gasteiger partial charge in [-0.2, -0.15) is 15.5 Å². The van der Waals surface area contributed by atoms with Crippen LogP contribution in [-0.4, -0.2) is 78.9 Å². The lowest BCUT2D eigenvalue weighted by Crippen LogP contribution is -2.33. The van der Waals surface area contributed by atoms with Gasteiger partial charge in [-0.3, -0.25) is 9.59 Å². The molecule has 1 spiro atoms. The SMILES string of the molecule is CN(C)c1ccc(N=Nc2ccc(C(=O)NCCCOC(=O)/C(C#N)=C/c3ccccc3C(=O)Oc3ccc4c(c3)Oc3cc(O)ccc3C43OC(=O)c4cc(NC(=S)NCC(=O)O)ccc43)cc2)cc1. The Morgan fingerprint density at radius 2 is 1.52 bits per heavy atom. The standard InChI is InChI=1S/C52H41N7O11S/c1-59(2)36-15-12-34(13-16-36)58-57-33-10-8-30(9-11-33)47(63)54-22-5-23-67-48(64)32(28-53)24-31-6-3-4-7-39(31)49(65)68-38-18-21-43-45(27-38)69-44-26-37(60)17-20-42(44)52(43)41-19-14-35(25-40(41)50(66)70-52)56-51(71)55-29-46(61)62/h3-4,6-21,24-27,60H,5,22-23,29H2,1-2H3,(H,54,63)(H,61,62)(H2,55,56,71)/b32-24+,58-57?. The number of fused-ring (bicyclic) bond motifs is 6. The first kappa shape index (κ1) is 48.1. The van der Waals surface area contributed by atoms with Gasteiger partial charge < -0.3 is 50.0 Å². The van der Waals surface area contributed by atoms with Crippen molar-refractivity contribution in [1.29, 1.82) is 5.26 Å². The highest BCUT2D eigenvalue weighted by Crippen LogP contribution is 2.57. The van der Waals surface area contributed by atoms with E-state index in [1.165, 1.54) is 48.5 Å². The molecule has 0 saturated heterocycles. The van der Waals surface area contributed by atoms with Crippen molar-refractivity contribution in [2.45, 2.75) is 12.0 Å². The minimum Gasteiger partial charge on any atom is -0.508 e. The predicted octanol–water partition coefficient (Wildman–Crippen LogP) is 8.30. The van der Waals surface area contributed by atoms with Crippen molar-refractivity contribution in [1.82, 2.24) is 10.6 Å². The highest BCUT2D eigenvalue weighted by molar-refractivity contribution is 7.80. The monoisotopic (exact) mass is 971 g/mol. The summed E-state index contributed by atoms with van der Waals surface area (Å²) < 4.78 is 23.5. The largest absolute Gasteiger partial charge is 0.508 e. The first-order valence-corrected chi connectivity index (χ1v) is 22.1. The number of hydrogen-bond donors (Lipinski definition) is 5. The van der Waals surface area contributed by atoms with Gasteiger partial charge in [0.25, 0.3) is 5.91 Å². The number of phenols is 1. The summed E-state index contributed by atoms with van der Waals surface area (Å²) in [5, 5.41) is 46.0. The van der Waals surface area contributed by atoms with Gasteiger partial charge in [-0.15, -0.1) is 0 Å². The van der Waals surface area contributed by atoms with E-state index in [2.05, 4.69) is 26.2 Å². The number of nitrogens with one attached hydrogen (secondary N) is 3. The first-order chi connectivity index (χ1) is 34.2. The Labute approximate surface area is 410 Å². The third-order valence-electron chi connectivity index (χ3n) is 11.1. The van der Waals surface area contributed by atoms with Gasteiger partial charge in [0.1, 0.15) is 41.2 Å². The molecule has 0 radical (unpaired) electrons. The number of benzene rings is 6. The number of hydrogen-bond acceptors (Lipinski definition) is 15. The average Bonchev–Trinajstić information content (AvgIpc) is 3.64. The number of phenolic OH excluding ortho intramolecular Hbond substituents is 1. The number of aliphatic carboxylic acids is 1. The smallest absolute Gasteiger partial charge is 0.348 e. The van der Waals surface area contributed by atoms with Crippen LogP contribution in [0.3, 0.4) is 0 Å². The van der Waals surface area contributed by atoms with Crippen LogP contribution in [0, 0.1) is 11.3 Å². The number of azo groups is 1. The van der Waals surface area contributed by atoms with Crippen molar-refractivity contribution in [3.8, 4) is 29.1 Å². The van der Waals surface area contributed by atoms with Crippen molar-refractivity contribution in [2.24, 2.45) is 10.2 Å². The maximum absolute atomic E-state index is 13.8. The number of rotatable bonds is 15. The van der Waals surface area contributed by atoms with Crippen molar-refractivity contribution in [2.75, 3.05) is 44.0 Å². The molecule has 0 aliphatic carbocycles. The molecule has 1 amide bonds. The summed E-state index contributed by atoms with van der Waals surface area (Å²) in [5.74, 6) is -3.76. The lowest BCUT2D eigenvalue weighted by Gasteiger charge is -2.36. The third-order valence-corrected chi connectivity index (χ3v) is 11.3. The van der Waals surface area contributed by atoms with Crippen LogP contribution in [0.1, 0.15) is 59.7 Å². The number of anilines is 2. The molecule has 2 aliphatic heterocycles.